The first kappa shape index (κ1) is 17.0. The second kappa shape index (κ2) is 8.35. The Labute approximate surface area is 154 Å². The van der Waals surface area contributed by atoms with Gasteiger partial charge in [-0.25, -0.2) is 0 Å². The van der Waals surface area contributed by atoms with E-state index in [-0.39, 0.29) is 5.91 Å². The van der Waals surface area contributed by atoms with Gasteiger partial charge >= 0.3 is 0 Å². The van der Waals surface area contributed by atoms with Gasteiger partial charge in [0.15, 0.2) is 0 Å². The van der Waals surface area contributed by atoms with Crippen LogP contribution in [0.1, 0.15) is 15.9 Å². The SMILES string of the molecule is O=C(NNc1ccccc1)c1ccccc1OCc1cccc(Br)c1. The predicted octanol–water partition coefficient (Wildman–Crippen LogP) is 4.79. The molecule has 3 rings (SSSR count). The highest BCUT2D eigenvalue weighted by Gasteiger charge is 2.12. The fourth-order valence-electron chi connectivity index (χ4n) is 2.29. The van der Waals surface area contributed by atoms with Crippen molar-refractivity contribution in [2.24, 2.45) is 0 Å². The van der Waals surface area contributed by atoms with Gasteiger partial charge < -0.3 is 4.74 Å². The predicted molar refractivity (Wildman–Crippen MR) is 102 cm³/mol. The van der Waals surface area contributed by atoms with Crippen LogP contribution in [0, 0.1) is 0 Å². The van der Waals surface area contributed by atoms with Crippen LogP contribution in [0.2, 0.25) is 0 Å². The molecule has 0 fully saturated rings. The molecule has 3 aromatic carbocycles. The van der Waals surface area contributed by atoms with E-state index in [1.807, 2.05) is 66.7 Å². The molecule has 25 heavy (non-hydrogen) atoms. The highest BCUT2D eigenvalue weighted by Crippen LogP contribution is 2.20. The molecule has 0 saturated heterocycles. The lowest BCUT2D eigenvalue weighted by Crippen LogP contribution is -2.29. The van der Waals surface area contributed by atoms with Gasteiger partial charge in [-0.05, 0) is 42.0 Å². The summed E-state index contributed by atoms with van der Waals surface area (Å²) in [7, 11) is 0. The lowest BCUT2D eigenvalue weighted by atomic mass is 10.2. The van der Waals surface area contributed by atoms with E-state index in [1.54, 1.807) is 12.1 Å². The van der Waals surface area contributed by atoms with Crippen molar-refractivity contribution in [3.63, 3.8) is 0 Å². The van der Waals surface area contributed by atoms with Crippen molar-refractivity contribution in [3.05, 3.63) is 94.5 Å². The summed E-state index contributed by atoms with van der Waals surface area (Å²) in [6.45, 7) is 0.385. The molecule has 0 radical (unpaired) electrons. The highest BCUT2D eigenvalue weighted by atomic mass is 79.9. The molecule has 5 heteroatoms. The van der Waals surface area contributed by atoms with Gasteiger partial charge in [0.1, 0.15) is 12.4 Å². The largest absolute Gasteiger partial charge is 0.488 e. The summed E-state index contributed by atoms with van der Waals surface area (Å²) >= 11 is 3.44. The number of benzene rings is 3. The average molecular weight is 397 g/mol. The van der Waals surface area contributed by atoms with Crippen molar-refractivity contribution >= 4 is 27.5 Å². The number of hydrogen-bond donors (Lipinski definition) is 2. The van der Waals surface area contributed by atoms with Gasteiger partial charge in [0, 0.05) is 4.47 Å². The second-order valence-electron chi connectivity index (χ2n) is 5.36. The maximum absolute atomic E-state index is 12.4. The third-order valence-electron chi connectivity index (χ3n) is 3.51. The van der Waals surface area contributed by atoms with Crippen molar-refractivity contribution in [2.45, 2.75) is 6.61 Å². The van der Waals surface area contributed by atoms with Crippen LogP contribution in [0.25, 0.3) is 0 Å². The lowest BCUT2D eigenvalue weighted by molar-refractivity contribution is 0.0958. The van der Waals surface area contributed by atoms with Crippen LogP contribution in [0.15, 0.2) is 83.3 Å². The standard InChI is InChI=1S/C20H17BrN2O2/c21-16-8-6-7-15(13-16)14-25-19-12-5-4-11-18(19)20(24)23-22-17-9-2-1-3-10-17/h1-13,22H,14H2,(H,23,24). The number of halogens is 1. The van der Waals surface area contributed by atoms with E-state index >= 15 is 0 Å². The molecule has 0 bridgehead atoms. The van der Waals surface area contributed by atoms with Gasteiger partial charge in [0.2, 0.25) is 0 Å². The molecule has 126 valence electrons. The summed E-state index contributed by atoms with van der Waals surface area (Å²) < 4.78 is 6.83. The summed E-state index contributed by atoms with van der Waals surface area (Å²) in [5.41, 5.74) is 7.88. The zero-order valence-corrected chi connectivity index (χ0v) is 15.0. The Balaban J connectivity index is 1.66. The first-order valence-corrected chi connectivity index (χ1v) is 8.59. The maximum atomic E-state index is 12.4. The topological polar surface area (TPSA) is 50.4 Å². The fourth-order valence-corrected chi connectivity index (χ4v) is 2.73. The lowest BCUT2D eigenvalue weighted by Gasteiger charge is -2.13. The van der Waals surface area contributed by atoms with Crippen molar-refractivity contribution in [1.82, 2.24) is 5.43 Å². The Bertz CT molecular complexity index is 853. The highest BCUT2D eigenvalue weighted by molar-refractivity contribution is 9.10. The normalized spacial score (nSPS) is 10.1. The first-order valence-electron chi connectivity index (χ1n) is 7.80. The number of carbonyl (C=O) groups excluding carboxylic acids is 1. The number of carbonyl (C=O) groups is 1. The first-order chi connectivity index (χ1) is 12.2. The second-order valence-corrected chi connectivity index (χ2v) is 6.28. The van der Waals surface area contributed by atoms with Crippen LogP contribution in [0.4, 0.5) is 5.69 Å². The minimum atomic E-state index is -0.256. The van der Waals surface area contributed by atoms with Gasteiger partial charge in [-0.3, -0.25) is 15.6 Å². The number of hydrogen-bond acceptors (Lipinski definition) is 3. The van der Waals surface area contributed by atoms with Gasteiger partial charge in [-0.2, -0.15) is 0 Å². The van der Waals surface area contributed by atoms with Crippen LogP contribution >= 0.6 is 15.9 Å². The summed E-state index contributed by atoms with van der Waals surface area (Å²) in [4.78, 5) is 12.4. The van der Waals surface area contributed by atoms with Crippen molar-refractivity contribution in [1.29, 1.82) is 0 Å². The van der Waals surface area contributed by atoms with E-state index in [4.69, 9.17) is 4.74 Å². The van der Waals surface area contributed by atoms with Crippen LogP contribution < -0.4 is 15.6 Å². The minimum absolute atomic E-state index is 0.256. The van der Waals surface area contributed by atoms with Crippen molar-refractivity contribution in [3.8, 4) is 5.75 Å². The third kappa shape index (κ3) is 4.84. The van der Waals surface area contributed by atoms with Crippen LogP contribution in [-0.2, 0) is 6.61 Å². The molecule has 4 nitrogen and oxygen atoms in total. The smallest absolute Gasteiger partial charge is 0.273 e. The Morgan fingerprint density at radius 3 is 2.48 bits per heavy atom. The molecule has 0 heterocycles. The molecular weight excluding hydrogens is 380 g/mol. The summed E-state index contributed by atoms with van der Waals surface area (Å²) in [5, 5.41) is 0. The molecular formula is C20H17BrN2O2. The Morgan fingerprint density at radius 2 is 1.68 bits per heavy atom. The summed E-state index contributed by atoms with van der Waals surface area (Å²) in [5.74, 6) is 0.281. The number of para-hydroxylation sites is 2. The Morgan fingerprint density at radius 1 is 0.920 bits per heavy atom. The van der Waals surface area contributed by atoms with E-state index in [0.29, 0.717) is 17.9 Å². The average Bonchev–Trinajstić information content (AvgIpc) is 2.65. The monoisotopic (exact) mass is 396 g/mol. The zero-order chi connectivity index (χ0) is 17.5. The van der Waals surface area contributed by atoms with E-state index in [1.165, 1.54) is 0 Å². The van der Waals surface area contributed by atoms with Gasteiger partial charge in [0.25, 0.3) is 5.91 Å². The molecule has 1 amide bonds. The van der Waals surface area contributed by atoms with Crippen LogP contribution in [0.3, 0.4) is 0 Å². The fraction of sp³-hybridized carbons (Fsp3) is 0.0500. The maximum Gasteiger partial charge on any atom is 0.273 e. The number of ether oxygens (including phenoxy) is 1. The number of rotatable bonds is 6. The molecule has 0 saturated carbocycles. The number of anilines is 1. The van der Waals surface area contributed by atoms with E-state index in [2.05, 4.69) is 26.8 Å². The molecule has 0 aliphatic carbocycles. The number of hydrazine groups is 1. The van der Waals surface area contributed by atoms with Crippen molar-refractivity contribution in [2.75, 3.05) is 5.43 Å². The summed E-state index contributed by atoms with van der Waals surface area (Å²) in [6, 6.07) is 24.5. The van der Waals surface area contributed by atoms with Gasteiger partial charge in [-0.15, -0.1) is 0 Å². The summed E-state index contributed by atoms with van der Waals surface area (Å²) in [6.07, 6.45) is 0. The van der Waals surface area contributed by atoms with Gasteiger partial charge in [0.05, 0.1) is 11.3 Å². The van der Waals surface area contributed by atoms with E-state index < -0.39 is 0 Å². The van der Waals surface area contributed by atoms with E-state index in [0.717, 1.165) is 15.7 Å². The molecule has 0 aliphatic heterocycles. The zero-order valence-electron chi connectivity index (χ0n) is 13.4. The molecule has 2 N–H and O–H groups in total. The molecule has 0 aliphatic rings. The Kier molecular flexibility index (Phi) is 5.69. The quantitative estimate of drug-likeness (QED) is 0.589. The van der Waals surface area contributed by atoms with Crippen molar-refractivity contribution < 1.29 is 9.53 Å². The molecule has 3 aromatic rings. The molecule has 0 spiro atoms. The molecule has 0 atom stereocenters. The van der Waals surface area contributed by atoms with E-state index in [9.17, 15) is 4.79 Å². The Hall–Kier alpha value is -2.79. The molecule has 0 unspecified atom stereocenters. The molecule has 0 aromatic heterocycles. The van der Waals surface area contributed by atoms with Crippen LogP contribution in [0.5, 0.6) is 5.75 Å². The van der Waals surface area contributed by atoms with Crippen LogP contribution in [-0.4, -0.2) is 5.91 Å². The number of amides is 1. The number of nitrogens with one attached hydrogen (secondary N) is 2. The van der Waals surface area contributed by atoms with Gasteiger partial charge in [-0.1, -0.05) is 58.4 Å². The minimum Gasteiger partial charge on any atom is -0.488 e. The third-order valence-corrected chi connectivity index (χ3v) is 4.00.